The molecule has 0 aromatic heterocycles. The summed E-state index contributed by atoms with van der Waals surface area (Å²) in [6.07, 6.45) is 2.25. The number of aliphatic imine (C=N–C) groups is 1. The topological polar surface area (TPSA) is 99.5 Å². The lowest BCUT2D eigenvalue weighted by Gasteiger charge is -2.39. The van der Waals surface area contributed by atoms with Crippen molar-refractivity contribution in [3.8, 4) is 5.75 Å². The summed E-state index contributed by atoms with van der Waals surface area (Å²) in [6, 6.07) is 12.1. The van der Waals surface area contributed by atoms with Crippen LogP contribution < -0.4 is 9.64 Å². The van der Waals surface area contributed by atoms with Crippen LogP contribution >= 0.6 is 35.0 Å². The van der Waals surface area contributed by atoms with Gasteiger partial charge >= 0.3 is 5.97 Å². The summed E-state index contributed by atoms with van der Waals surface area (Å²) < 4.78 is 63.9. The first-order valence-electron chi connectivity index (χ1n) is 16.8. The number of halogens is 4. The zero-order chi connectivity index (χ0) is 38.6. The van der Waals surface area contributed by atoms with Crippen molar-refractivity contribution in [1.82, 2.24) is 4.31 Å². The van der Waals surface area contributed by atoms with Crippen LogP contribution in [0.15, 0.2) is 64.5 Å². The molecule has 0 saturated heterocycles. The van der Waals surface area contributed by atoms with Gasteiger partial charge in [0.05, 0.1) is 57.3 Å². The van der Waals surface area contributed by atoms with E-state index in [-0.39, 0.29) is 28.8 Å². The maximum Gasteiger partial charge on any atom is 0.322 e. The molecule has 1 heterocycles. The number of sulfonamides is 1. The summed E-state index contributed by atoms with van der Waals surface area (Å²) in [4.78, 5) is 18.5. The highest BCUT2D eigenvalue weighted by molar-refractivity contribution is 8.13. The fourth-order valence-corrected chi connectivity index (χ4v) is 9.27. The third kappa shape index (κ3) is 9.78. The van der Waals surface area contributed by atoms with E-state index < -0.39 is 44.0 Å². The van der Waals surface area contributed by atoms with Crippen LogP contribution in [0.4, 0.5) is 14.5 Å². The molecule has 0 radical (unpaired) electrons. The molecule has 1 unspecified atom stereocenters. The molecule has 52 heavy (non-hydrogen) atoms. The Morgan fingerprint density at radius 2 is 1.75 bits per heavy atom. The molecule has 0 spiro atoms. The summed E-state index contributed by atoms with van der Waals surface area (Å²) >= 11 is 14.1. The summed E-state index contributed by atoms with van der Waals surface area (Å²) in [7, 11) is 4.53. The number of methoxy groups -OCH3 is 1. The van der Waals surface area contributed by atoms with Crippen molar-refractivity contribution in [2.24, 2.45) is 4.99 Å². The average molecular weight is 801 g/mol. The van der Waals surface area contributed by atoms with Gasteiger partial charge in [0.15, 0.2) is 5.17 Å². The normalized spacial score (nSPS) is 16.0. The third-order valence-corrected chi connectivity index (χ3v) is 12.9. The fraction of sp³-hybridized carbons (Fsp3) is 0.459. The Morgan fingerprint density at radius 3 is 2.35 bits per heavy atom. The Balaban J connectivity index is 1.55. The number of thioether (sulfide) groups is 1. The van der Waals surface area contributed by atoms with Crippen LogP contribution in [0.3, 0.4) is 0 Å². The van der Waals surface area contributed by atoms with E-state index in [9.17, 15) is 22.7 Å². The number of amidine groups is 1. The number of aliphatic carboxylic acids is 1. The van der Waals surface area contributed by atoms with Gasteiger partial charge in [-0.2, -0.15) is 4.31 Å². The number of benzene rings is 3. The SMILES string of the molecule is COc1cc(C(C)(C)C2CN=C(SCc3c(F)cc(S(=O)(=O)N(C)[C@@H](CCCCC[N+](C)(C)C)C(=O)O)cc3Cl)N2c2ccc(F)cc2)ccc1Cl. The van der Waals surface area contributed by atoms with E-state index in [0.717, 1.165) is 45.9 Å². The van der Waals surface area contributed by atoms with Gasteiger partial charge < -0.3 is 19.2 Å². The molecule has 9 nitrogen and oxygen atoms in total. The predicted octanol–water partition coefficient (Wildman–Crippen LogP) is 8.08. The smallest absolute Gasteiger partial charge is 0.322 e. The van der Waals surface area contributed by atoms with Crippen molar-refractivity contribution in [3.05, 3.63) is 87.4 Å². The van der Waals surface area contributed by atoms with Crippen LogP contribution in [0.1, 0.15) is 50.7 Å². The highest BCUT2D eigenvalue weighted by Gasteiger charge is 2.42. The van der Waals surface area contributed by atoms with E-state index in [1.165, 1.54) is 30.9 Å². The van der Waals surface area contributed by atoms with Crippen LogP contribution in [-0.2, 0) is 26.0 Å². The molecular weight excluding hydrogens is 753 g/mol. The number of rotatable bonds is 16. The predicted molar refractivity (Wildman–Crippen MR) is 206 cm³/mol. The molecule has 0 fully saturated rings. The molecule has 4 rings (SSSR count). The molecule has 2 atom stereocenters. The largest absolute Gasteiger partial charge is 0.495 e. The first-order valence-corrected chi connectivity index (χ1v) is 20.0. The Labute approximate surface area is 320 Å². The highest BCUT2D eigenvalue weighted by atomic mass is 35.5. The second kappa shape index (κ2) is 17.0. The molecule has 3 aromatic carbocycles. The molecular formula is C37H47Cl2F2N4O5S2+. The molecule has 1 aliphatic rings. The maximum atomic E-state index is 15.8. The van der Waals surface area contributed by atoms with Crippen molar-refractivity contribution >= 4 is 61.8 Å². The monoisotopic (exact) mass is 799 g/mol. The number of carboxylic acid groups (broad SMARTS) is 1. The molecule has 284 valence electrons. The van der Waals surface area contributed by atoms with Gasteiger partial charge in [-0.1, -0.05) is 61.3 Å². The highest BCUT2D eigenvalue weighted by Crippen LogP contribution is 2.41. The first kappa shape index (κ1) is 41.8. The van der Waals surface area contributed by atoms with Crippen LogP contribution in [0, 0.1) is 11.6 Å². The molecule has 15 heteroatoms. The van der Waals surface area contributed by atoms with Gasteiger partial charge in [-0.05, 0) is 73.4 Å². The summed E-state index contributed by atoms with van der Waals surface area (Å²) in [6.45, 7) is 5.41. The van der Waals surface area contributed by atoms with Crippen LogP contribution in [0.25, 0.3) is 0 Å². The lowest BCUT2D eigenvalue weighted by molar-refractivity contribution is -0.870. The van der Waals surface area contributed by atoms with E-state index in [4.69, 9.17) is 32.9 Å². The van der Waals surface area contributed by atoms with Crippen molar-refractivity contribution in [2.75, 3.05) is 53.3 Å². The number of carbonyl (C=O) groups is 1. The number of carboxylic acids is 1. The van der Waals surface area contributed by atoms with Gasteiger partial charge in [0.25, 0.3) is 0 Å². The molecule has 3 aromatic rings. The molecule has 0 amide bonds. The summed E-state index contributed by atoms with van der Waals surface area (Å²) in [5.41, 5.74) is 1.16. The second-order valence-corrected chi connectivity index (χ2v) is 18.2. The van der Waals surface area contributed by atoms with Crippen LogP contribution in [0.2, 0.25) is 10.0 Å². The third-order valence-electron chi connectivity index (χ3n) is 9.42. The van der Waals surface area contributed by atoms with Gasteiger partial charge in [0, 0.05) is 34.5 Å². The van der Waals surface area contributed by atoms with Crippen LogP contribution in [-0.4, -0.2) is 93.9 Å². The van der Waals surface area contributed by atoms with Gasteiger partial charge in [-0.25, -0.2) is 17.2 Å². The van der Waals surface area contributed by atoms with Crippen molar-refractivity contribution in [1.29, 1.82) is 0 Å². The lowest BCUT2D eigenvalue weighted by atomic mass is 9.77. The van der Waals surface area contributed by atoms with Crippen molar-refractivity contribution < 1.29 is 36.3 Å². The van der Waals surface area contributed by atoms with Crippen LogP contribution in [0.5, 0.6) is 5.75 Å². The molecule has 0 bridgehead atoms. The lowest BCUT2D eigenvalue weighted by Crippen LogP contribution is -2.48. The summed E-state index contributed by atoms with van der Waals surface area (Å²) in [5.74, 6) is -2.00. The van der Waals surface area contributed by atoms with E-state index in [1.54, 1.807) is 25.3 Å². The van der Waals surface area contributed by atoms with E-state index in [0.29, 0.717) is 34.6 Å². The number of hydrogen-bond donors (Lipinski definition) is 1. The van der Waals surface area contributed by atoms with E-state index in [1.807, 2.05) is 17.0 Å². The Kier molecular flexibility index (Phi) is 13.7. The number of ether oxygens (including phenoxy) is 1. The Morgan fingerprint density at radius 1 is 1.08 bits per heavy atom. The standard InChI is InChI=1S/C37H46Cl2F2N4O5S2/c1-37(2,24-12-17-29(38)33(19-24)50-7)34-22-42-36(44(34)26-15-13-25(40)14-16-26)51-23-28-30(39)20-27(21-31(28)41)52(48,49)43(3)32(35(46)47)11-9-8-10-18-45(4,5)6/h12-17,19-21,32,34H,8-11,18,22-23H2,1-7H3/p+1/t32-,34?/m0/s1. The van der Waals surface area contributed by atoms with Crippen molar-refractivity contribution in [3.63, 3.8) is 0 Å². The van der Waals surface area contributed by atoms with Gasteiger partial charge in [-0.15, -0.1) is 0 Å². The molecule has 1 N–H and O–H groups in total. The molecule has 0 aliphatic carbocycles. The van der Waals surface area contributed by atoms with Crippen molar-refractivity contribution in [2.45, 2.75) is 67.7 Å². The number of nitrogens with zero attached hydrogens (tertiary/aromatic N) is 4. The average Bonchev–Trinajstić information content (AvgIpc) is 3.50. The van der Waals surface area contributed by atoms with Gasteiger partial charge in [-0.3, -0.25) is 9.79 Å². The molecule has 0 saturated carbocycles. The number of quaternary nitrogens is 1. The summed E-state index contributed by atoms with van der Waals surface area (Å²) in [5, 5.41) is 10.8. The zero-order valence-electron chi connectivity index (χ0n) is 30.5. The maximum absolute atomic E-state index is 15.8. The number of anilines is 1. The number of unbranched alkanes of at least 4 members (excludes halogenated alkanes) is 2. The minimum atomic E-state index is -4.41. The number of likely N-dealkylation sites (N-methyl/N-ethyl adjacent to an activating group) is 1. The fourth-order valence-electron chi connectivity index (χ4n) is 6.17. The van der Waals surface area contributed by atoms with Gasteiger partial charge in [0.2, 0.25) is 10.0 Å². The second-order valence-electron chi connectivity index (χ2n) is 14.4. The number of hydrogen-bond acceptors (Lipinski definition) is 7. The Bertz CT molecular complexity index is 1870. The van der Waals surface area contributed by atoms with E-state index >= 15 is 4.39 Å². The first-order chi connectivity index (χ1) is 24.3. The van der Waals surface area contributed by atoms with Gasteiger partial charge in [0.1, 0.15) is 23.4 Å². The molecule has 1 aliphatic heterocycles. The van der Waals surface area contributed by atoms with E-state index in [2.05, 4.69) is 35.0 Å². The minimum absolute atomic E-state index is 0.00427. The Hall–Kier alpha value is -2.94. The zero-order valence-corrected chi connectivity index (χ0v) is 33.6. The minimum Gasteiger partial charge on any atom is -0.495 e. The quantitative estimate of drug-likeness (QED) is 0.116.